The number of nitrogens with one attached hydrogen (secondary N) is 1. The van der Waals surface area contributed by atoms with E-state index >= 15 is 4.39 Å². The minimum absolute atomic E-state index is 0.0121. The smallest absolute Gasteiger partial charge is 0.319 e. The number of imide groups is 2. The molecule has 6 aliphatic rings. The van der Waals surface area contributed by atoms with Crippen molar-refractivity contribution in [3.05, 3.63) is 83.1 Å². The van der Waals surface area contributed by atoms with Crippen LogP contribution < -0.4 is 19.9 Å². The highest BCUT2D eigenvalue weighted by Crippen LogP contribution is 2.47. The van der Waals surface area contributed by atoms with Crippen LogP contribution in [0.5, 0.6) is 6.01 Å². The number of hydrogen-bond donors (Lipinski definition) is 2. The number of carbonyl (C=O) groups excluding carboxylic acids is 4. The van der Waals surface area contributed by atoms with Gasteiger partial charge in [-0.15, -0.1) is 6.42 Å². The van der Waals surface area contributed by atoms with Crippen LogP contribution in [0.15, 0.2) is 54.7 Å². The predicted molar refractivity (Wildman–Crippen MR) is 258 cm³/mol. The van der Waals surface area contributed by atoms with Gasteiger partial charge in [0.15, 0.2) is 5.82 Å². The highest BCUT2D eigenvalue weighted by Gasteiger charge is 2.47. The van der Waals surface area contributed by atoms with E-state index in [2.05, 4.69) is 35.9 Å². The monoisotopic (exact) mass is 951 g/mol. The van der Waals surface area contributed by atoms with E-state index in [4.69, 9.17) is 16.1 Å². The topological polar surface area (TPSA) is 165 Å². The van der Waals surface area contributed by atoms with Crippen molar-refractivity contribution in [2.75, 3.05) is 81.9 Å². The number of likely N-dealkylation sites (tertiary alicyclic amines) is 1. The fourth-order valence-corrected chi connectivity index (χ4v) is 11.4. The van der Waals surface area contributed by atoms with E-state index in [0.717, 1.165) is 95.0 Å². The molecule has 2 atom stereocenters. The molecule has 362 valence electrons. The SMILES string of the molecule is C#Cc1c(F)ccc2cccc(-c3ncc4c(N5CCC[C@@](C)(O)C5)nc(OCC5(CN6CCC(CN7CCN(c8ccc9c(c8)C(=O)N(C8CCC(=O)NC8=O)C9=O)CC7)CC6)CC5)nc4c3F)c12. The van der Waals surface area contributed by atoms with Gasteiger partial charge in [-0.25, -0.2) is 8.78 Å². The summed E-state index contributed by atoms with van der Waals surface area (Å²) in [7, 11) is 0. The Bertz CT molecular complexity index is 3010. The van der Waals surface area contributed by atoms with Crippen LogP contribution in [0.25, 0.3) is 32.9 Å². The Kier molecular flexibility index (Phi) is 11.8. The largest absolute Gasteiger partial charge is 0.463 e. The maximum absolute atomic E-state index is 17.0. The number of piperidine rings is 3. The molecular formula is C53H55F2N9O6. The molecule has 17 heteroatoms. The van der Waals surface area contributed by atoms with Crippen LogP contribution in [0.3, 0.4) is 0 Å². The molecule has 7 heterocycles. The van der Waals surface area contributed by atoms with Crippen LogP contribution in [0.1, 0.15) is 84.6 Å². The summed E-state index contributed by atoms with van der Waals surface area (Å²) in [6, 6.07) is 12.5. The van der Waals surface area contributed by atoms with Gasteiger partial charge in [0.05, 0.1) is 34.3 Å². The molecular weight excluding hydrogens is 897 g/mol. The molecule has 5 aliphatic heterocycles. The highest BCUT2D eigenvalue weighted by molar-refractivity contribution is 6.23. The number of amides is 4. The molecule has 0 bridgehead atoms. The van der Waals surface area contributed by atoms with Gasteiger partial charge in [0.1, 0.15) is 28.9 Å². The van der Waals surface area contributed by atoms with Gasteiger partial charge in [-0.05, 0) is 101 Å². The van der Waals surface area contributed by atoms with Crippen LogP contribution in [0.2, 0.25) is 0 Å². The van der Waals surface area contributed by atoms with E-state index in [9.17, 15) is 28.7 Å². The first-order chi connectivity index (χ1) is 33.8. The number of halogens is 2. The fraction of sp³-hybridized carbons (Fsp3) is 0.453. The zero-order chi connectivity index (χ0) is 48.5. The van der Waals surface area contributed by atoms with E-state index in [0.29, 0.717) is 65.1 Å². The molecule has 4 saturated heterocycles. The van der Waals surface area contributed by atoms with Crippen molar-refractivity contribution in [2.24, 2.45) is 11.3 Å². The number of anilines is 2. The van der Waals surface area contributed by atoms with Crippen LogP contribution in [0, 0.1) is 35.3 Å². The third-order valence-electron chi connectivity index (χ3n) is 15.4. The molecule has 0 spiro atoms. The predicted octanol–water partition coefficient (Wildman–Crippen LogP) is 5.55. The van der Waals surface area contributed by atoms with Crippen molar-refractivity contribution < 1.29 is 37.8 Å². The summed E-state index contributed by atoms with van der Waals surface area (Å²) in [5.74, 6) is 0.159. The summed E-state index contributed by atoms with van der Waals surface area (Å²) < 4.78 is 38.5. The number of aliphatic hydroxyl groups is 1. The summed E-state index contributed by atoms with van der Waals surface area (Å²) in [6.07, 6.45) is 13.0. The third-order valence-corrected chi connectivity index (χ3v) is 15.4. The first kappa shape index (κ1) is 45.8. The number of benzene rings is 3. The lowest BCUT2D eigenvalue weighted by Crippen LogP contribution is -2.54. The lowest BCUT2D eigenvalue weighted by Gasteiger charge is -2.40. The van der Waals surface area contributed by atoms with Crippen molar-refractivity contribution in [1.82, 2.24) is 35.0 Å². The zero-order valence-electron chi connectivity index (χ0n) is 39.2. The Hall–Kier alpha value is -6.61. The van der Waals surface area contributed by atoms with Crippen LogP contribution >= 0.6 is 0 Å². The van der Waals surface area contributed by atoms with Gasteiger partial charge in [-0.1, -0.05) is 30.2 Å². The molecule has 5 aromatic rings. The summed E-state index contributed by atoms with van der Waals surface area (Å²) in [4.78, 5) is 75.2. The van der Waals surface area contributed by atoms with Crippen molar-refractivity contribution in [3.63, 3.8) is 0 Å². The Morgan fingerprint density at radius 3 is 2.40 bits per heavy atom. The van der Waals surface area contributed by atoms with Crippen LogP contribution in [-0.4, -0.2) is 142 Å². The molecule has 1 unspecified atom stereocenters. The second-order valence-corrected chi connectivity index (χ2v) is 20.5. The van der Waals surface area contributed by atoms with Gasteiger partial charge >= 0.3 is 6.01 Å². The molecule has 2 N–H and O–H groups in total. The van der Waals surface area contributed by atoms with Crippen LogP contribution in [0.4, 0.5) is 20.3 Å². The standard InChI is InChI=1S/C53H55F2N9O6/c1-3-35-40(54)11-8-33-6-4-7-37(43(33)35)45-44(55)46-39(27-56-45)47(63-19-5-16-52(2,69)29-63)59-51(58-46)70-31-53(17-18-53)30-61-20-14-32(15-21-61)28-60-22-24-62(25-23-60)34-9-10-36-38(26-34)50(68)64(49(36)67)41-12-13-42(65)57-48(41)66/h1,4,6-11,26-27,32,41,69H,5,12-25,28-31H2,2H3,(H,57,65,66)/t41?,52-/m1/s1. The first-order valence-corrected chi connectivity index (χ1v) is 24.5. The van der Waals surface area contributed by atoms with Gasteiger partial charge in [-0.2, -0.15) is 9.97 Å². The summed E-state index contributed by atoms with van der Waals surface area (Å²) in [6.45, 7) is 10.2. The lowest BCUT2D eigenvalue weighted by atomic mass is 9.94. The third kappa shape index (κ3) is 8.60. The van der Waals surface area contributed by atoms with Gasteiger partial charge < -0.3 is 24.5 Å². The molecule has 0 radical (unpaired) electrons. The average molecular weight is 952 g/mol. The molecule has 70 heavy (non-hydrogen) atoms. The molecule has 1 aliphatic carbocycles. The van der Waals surface area contributed by atoms with Gasteiger partial charge in [0, 0.05) is 87.0 Å². The van der Waals surface area contributed by atoms with E-state index in [-0.39, 0.29) is 46.6 Å². The second-order valence-electron chi connectivity index (χ2n) is 20.5. The number of β-amino-alcohol motifs (C(OH)–C–C–N with tert-alkyl or cyclic N) is 1. The normalized spacial score (nSPS) is 23.2. The number of piperazine rings is 1. The summed E-state index contributed by atoms with van der Waals surface area (Å²) >= 11 is 0. The molecule has 11 rings (SSSR count). The molecule has 2 aromatic heterocycles. The minimum atomic E-state index is -0.991. The number of terminal acetylenes is 1. The number of pyridine rings is 1. The van der Waals surface area contributed by atoms with Gasteiger partial charge in [0.25, 0.3) is 11.8 Å². The maximum atomic E-state index is 17.0. The van der Waals surface area contributed by atoms with Crippen molar-refractivity contribution in [3.8, 4) is 29.6 Å². The van der Waals surface area contributed by atoms with Gasteiger partial charge in [-0.3, -0.25) is 39.3 Å². The van der Waals surface area contributed by atoms with Gasteiger partial charge in [0.2, 0.25) is 11.8 Å². The quantitative estimate of drug-likeness (QED) is 0.125. The Labute approximate surface area is 404 Å². The first-order valence-electron chi connectivity index (χ1n) is 24.5. The molecule has 1 saturated carbocycles. The number of carbonyl (C=O) groups is 4. The molecule has 5 fully saturated rings. The Balaban J connectivity index is 0.720. The number of nitrogens with zero attached hydrogens (tertiary/aromatic N) is 8. The fourth-order valence-electron chi connectivity index (χ4n) is 11.4. The summed E-state index contributed by atoms with van der Waals surface area (Å²) in [5, 5.41) is 14.8. The van der Waals surface area contributed by atoms with Crippen LogP contribution in [-0.2, 0) is 9.59 Å². The average Bonchev–Trinajstić information content (AvgIpc) is 4.08. The number of fused-ring (bicyclic) bond motifs is 3. The van der Waals surface area contributed by atoms with Crippen molar-refractivity contribution in [2.45, 2.75) is 69.9 Å². The Morgan fingerprint density at radius 2 is 1.66 bits per heavy atom. The summed E-state index contributed by atoms with van der Waals surface area (Å²) in [5.41, 5.74) is 0.803. The second kappa shape index (κ2) is 18.0. The minimum Gasteiger partial charge on any atom is -0.463 e. The van der Waals surface area contributed by atoms with E-state index in [1.54, 1.807) is 49.5 Å². The highest BCUT2D eigenvalue weighted by atomic mass is 19.1. The molecule has 4 amide bonds. The zero-order valence-corrected chi connectivity index (χ0v) is 39.2. The maximum Gasteiger partial charge on any atom is 0.319 e. The Morgan fingerprint density at radius 1 is 0.871 bits per heavy atom. The molecule has 3 aromatic carbocycles. The number of hydrogen-bond acceptors (Lipinski definition) is 13. The van der Waals surface area contributed by atoms with Crippen molar-refractivity contribution >= 4 is 56.8 Å². The lowest BCUT2D eigenvalue weighted by molar-refractivity contribution is -0.136. The number of rotatable bonds is 11. The molecule has 15 nitrogen and oxygen atoms in total. The number of aromatic nitrogens is 3. The van der Waals surface area contributed by atoms with E-state index in [1.165, 1.54) is 6.07 Å². The van der Waals surface area contributed by atoms with Crippen molar-refractivity contribution in [1.29, 1.82) is 0 Å². The van der Waals surface area contributed by atoms with E-state index < -0.39 is 46.9 Å². The van der Waals surface area contributed by atoms with E-state index in [1.807, 2.05) is 11.0 Å². The number of ether oxygens (including phenoxy) is 1.